The maximum Gasteiger partial charge on any atom is 0.395 e. The Hall–Kier alpha value is -0.350. The number of Topliss-reactive ketones (excluding diaryl/α,β-unsaturated/α-hetero) is 1. The Bertz CT molecular complexity index is 142. The van der Waals surface area contributed by atoms with Gasteiger partial charge in [-0.2, -0.15) is 0 Å². The molecule has 1 fully saturated rings. The van der Waals surface area contributed by atoms with Crippen LogP contribution in [0.5, 0.6) is 0 Å². The maximum absolute atomic E-state index is 10.3. The lowest BCUT2D eigenvalue weighted by Crippen LogP contribution is -2.13. The first-order chi connectivity index (χ1) is 3.72. The van der Waals surface area contributed by atoms with Gasteiger partial charge in [0.05, 0.1) is 6.42 Å². The molecule has 0 bridgehead atoms. The largest absolute Gasteiger partial charge is 0.609 e. The summed E-state index contributed by atoms with van der Waals surface area (Å²) in [6.07, 6.45) is 0.172. The van der Waals surface area contributed by atoms with Crippen LogP contribution in [0.4, 0.5) is 0 Å². The van der Waals surface area contributed by atoms with Crippen LogP contribution in [0.15, 0.2) is 0 Å². The predicted molar refractivity (Wildman–Crippen MR) is 27.6 cm³/mol. The van der Waals surface area contributed by atoms with Gasteiger partial charge in [0.15, 0.2) is 0 Å². The predicted octanol–water partition coefficient (Wildman–Crippen LogP) is -0.766. The average Bonchev–Trinajstić information content (AvgIpc) is 1.98. The van der Waals surface area contributed by atoms with Crippen LogP contribution in [0.1, 0.15) is 6.42 Å². The fraction of sp³-hybridized carbons (Fsp3) is 0.500. The van der Waals surface area contributed by atoms with Crippen molar-refractivity contribution >= 4 is 22.1 Å². The van der Waals surface area contributed by atoms with E-state index in [0.717, 1.165) is 0 Å². The van der Waals surface area contributed by atoms with Crippen LogP contribution in [0.3, 0.4) is 0 Å². The minimum absolute atomic E-state index is 0.172. The van der Waals surface area contributed by atoms with Gasteiger partial charge in [0, 0.05) is 11.2 Å². The van der Waals surface area contributed by atoms with Gasteiger partial charge in [0.2, 0.25) is 0 Å². The Kier molecular flexibility index (Phi) is 1.35. The number of ketones is 1. The zero-order valence-corrected chi connectivity index (χ0v) is 4.86. The van der Waals surface area contributed by atoms with Crippen LogP contribution in [-0.4, -0.2) is 21.2 Å². The molecule has 0 aliphatic carbocycles. The molecule has 0 amide bonds. The van der Waals surface area contributed by atoms with Crippen molar-refractivity contribution in [3.8, 4) is 0 Å². The van der Waals surface area contributed by atoms with Gasteiger partial charge in [0.25, 0.3) is 5.78 Å². The van der Waals surface area contributed by atoms with Gasteiger partial charge in [-0.1, -0.05) is 0 Å². The molecule has 0 N–H and O–H groups in total. The Morgan fingerprint density at radius 1 is 1.50 bits per heavy atom. The fourth-order valence-electron chi connectivity index (χ4n) is 0.507. The SMILES string of the molecule is O=C1CC[S+]([O-])C1=O. The van der Waals surface area contributed by atoms with E-state index >= 15 is 0 Å². The van der Waals surface area contributed by atoms with E-state index in [2.05, 4.69) is 0 Å². The van der Waals surface area contributed by atoms with Crippen molar-refractivity contribution in [3.05, 3.63) is 0 Å². The number of hydrogen-bond donors (Lipinski definition) is 0. The van der Waals surface area contributed by atoms with E-state index < -0.39 is 22.1 Å². The number of carbonyl (C=O) groups is 2. The average molecular weight is 132 g/mol. The van der Waals surface area contributed by atoms with Crippen LogP contribution in [-0.2, 0) is 20.8 Å². The molecule has 8 heavy (non-hydrogen) atoms. The highest BCUT2D eigenvalue weighted by atomic mass is 32.2. The van der Waals surface area contributed by atoms with E-state index in [1.54, 1.807) is 0 Å². The molecule has 1 saturated heterocycles. The molecule has 0 radical (unpaired) electrons. The maximum atomic E-state index is 10.3. The van der Waals surface area contributed by atoms with Gasteiger partial charge in [-0.25, -0.2) is 4.79 Å². The van der Waals surface area contributed by atoms with E-state index in [0.29, 0.717) is 0 Å². The first kappa shape index (κ1) is 5.78. The lowest BCUT2D eigenvalue weighted by Gasteiger charge is -1.92. The summed E-state index contributed by atoms with van der Waals surface area (Å²) in [5.41, 5.74) is 0. The molecule has 1 rings (SSSR count). The molecule has 0 spiro atoms. The van der Waals surface area contributed by atoms with Crippen LogP contribution < -0.4 is 0 Å². The molecule has 0 aromatic carbocycles. The summed E-state index contributed by atoms with van der Waals surface area (Å²) in [5.74, 6) is -0.249. The number of rotatable bonds is 0. The summed E-state index contributed by atoms with van der Waals surface area (Å²) in [6, 6.07) is 0. The van der Waals surface area contributed by atoms with E-state index in [1.807, 2.05) is 0 Å². The minimum atomic E-state index is -1.49. The van der Waals surface area contributed by atoms with E-state index in [1.165, 1.54) is 0 Å². The minimum Gasteiger partial charge on any atom is -0.609 e. The molecule has 0 aromatic heterocycles. The topological polar surface area (TPSA) is 57.2 Å². The molecule has 44 valence electrons. The molecular formula is C4H4O3S. The lowest BCUT2D eigenvalue weighted by atomic mass is 10.3. The van der Waals surface area contributed by atoms with Gasteiger partial charge in [-0.15, -0.1) is 0 Å². The molecule has 1 atom stereocenters. The first-order valence-electron chi connectivity index (χ1n) is 2.17. The van der Waals surface area contributed by atoms with Crippen LogP contribution in [0, 0.1) is 0 Å². The highest BCUT2D eigenvalue weighted by molar-refractivity contribution is 8.08. The summed E-state index contributed by atoms with van der Waals surface area (Å²) >= 11 is -1.49. The van der Waals surface area contributed by atoms with E-state index in [4.69, 9.17) is 0 Å². The summed E-state index contributed by atoms with van der Waals surface area (Å²) < 4.78 is 10.3. The summed E-state index contributed by atoms with van der Waals surface area (Å²) in [7, 11) is 0. The van der Waals surface area contributed by atoms with Crippen LogP contribution in [0.2, 0.25) is 0 Å². The van der Waals surface area contributed by atoms with Crippen LogP contribution in [0.25, 0.3) is 0 Å². The Labute approximate surface area is 49.2 Å². The Morgan fingerprint density at radius 2 is 2.12 bits per heavy atom. The van der Waals surface area contributed by atoms with Crippen LogP contribution >= 0.6 is 0 Å². The number of hydrogen-bond acceptors (Lipinski definition) is 3. The van der Waals surface area contributed by atoms with Crippen molar-refractivity contribution in [3.63, 3.8) is 0 Å². The third kappa shape index (κ3) is 0.763. The molecule has 0 saturated carbocycles. The highest BCUT2D eigenvalue weighted by Gasteiger charge is 2.35. The highest BCUT2D eigenvalue weighted by Crippen LogP contribution is 2.07. The van der Waals surface area contributed by atoms with Crippen molar-refractivity contribution in [2.45, 2.75) is 6.42 Å². The van der Waals surface area contributed by atoms with Crippen molar-refractivity contribution < 1.29 is 14.1 Å². The third-order valence-corrected chi connectivity index (χ3v) is 2.17. The zero-order valence-electron chi connectivity index (χ0n) is 4.05. The Morgan fingerprint density at radius 3 is 2.25 bits per heavy atom. The molecule has 1 heterocycles. The quantitative estimate of drug-likeness (QED) is 0.321. The smallest absolute Gasteiger partial charge is 0.395 e. The van der Waals surface area contributed by atoms with Crippen molar-refractivity contribution in [1.29, 1.82) is 0 Å². The zero-order chi connectivity index (χ0) is 6.15. The summed E-state index contributed by atoms with van der Waals surface area (Å²) in [5, 5.41) is -0.704. The normalized spacial score (nSPS) is 29.4. The van der Waals surface area contributed by atoms with Gasteiger partial charge < -0.3 is 4.55 Å². The van der Waals surface area contributed by atoms with Gasteiger partial charge in [-0.05, 0) is 0 Å². The molecule has 4 heteroatoms. The standard InChI is InChI=1S/C4H4O3S/c5-3-1-2-8(7)4(3)6/h1-2H2. The monoisotopic (exact) mass is 132 g/mol. The molecule has 1 aliphatic heterocycles. The molecule has 1 unspecified atom stereocenters. The van der Waals surface area contributed by atoms with Gasteiger partial charge in [-0.3, -0.25) is 4.79 Å². The van der Waals surface area contributed by atoms with Gasteiger partial charge >= 0.3 is 5.12 Å². The number of carbonyl (C=O) groups excluding carboxylic acids is 2. The second-order valence-electron chi connectivity index (χ2n) is 1.51. The third-order valence-electron chi connectivity index (χ3n) is 0.949. The fourth-order valence-corrected chi connectivity index (χ4v) is 1.42. The molecule has 1 aliphatic rings. The lowest BCUT2D eigenvalue weighted by molar-refractivity contribution is -0.130. The van der Waals surface area contributed by atoms with E-state index in [-0.39, 0.29) is 12.2 Å². The Balaban J connectivity index is 2.71. The second-order valence-corrected chi connectivity index (χ2v) is 2.98. The van der Waals surface area contributed by atoms with E-state index in [9.17, 15) is 14.1 Å². The summed E-state index contributed by atoms with van der Waals surface area (Å²) in [6.45, 7) is 0. The molecular weight excluding hydrogens is 128 g/mol. The van der Waals surface area contributed by atoms with Gasteiger partial charge in [0.1, 0.15) is 5.75 Å². The first-order valence-corrected chi connectivity index (χ1v) is 3.49. The second kappa shape index (κ2) is 1.87. The van der Waals surface area contributed by atoms with Crippen molar-refractivity contribution in [2.75, 3.05) is 5.75 Å². The summed E-state index contributed by atoms with van der Waals surface area (Å²) in [4.78, 5) is 20.5. The van der Waals surface area contributed by atoms with Crippen molar-refractivity contribution in [1.82, 2.24) is 0 Å². The molecule has 3 nitrogen and oxygen atoms in total. The van der Waals surface area contributed by atoms with Crippen molar-refractivity contribution in [2.24, 2.45) is 0 Å². The molecule has 0 aromatic rings.